The summed E-state index contributed by atoms with van der Waals surface area (Å²) in [5.41, 5.74) is 1.06. The van der Waals surface area contributed by atoms with Crippen LogP contribution in [0.15, 0.2) is 17.5 Å². The SMILES string of the molecule is COC(=O)c1c(NC(=O)COC(=O)C2CCN(C(=O)c3cccs3)CC2)sc(C)c1C. The van der Waals surface area contributed by atoms with Crippen LogP contribution in [-0.4, -0.2) is 55.5 Å². The number of aryl methyl sites for hydroxylation is 1. The number of nitrogens with zero attached hydrogens (tertiary/aromatic N) is 1. The summed E-state index contributed by atoms with van der Waals surface area (Å²) in [6.07, 6.45) is 0.987. The summed E-state index contributed by atoms with van der Waals surface area (Å²) >= 11 is 2.66. The molecule has 166 valence electrons. The molecule has 2 amide bonds. The van der Waals surface area contributed by atoms with Gasteiger partial charge in [0.05, 0.1) is 23.5 Å². The zero-order chi connectivity index (χ0) is 22.5. The predicted octanol–water partition coefficient (Wildman–Crippen LogP) is 3.25. The molecule has 1 aliphatic heterocycles. The van der Waals surface area contributed by atoms with E-state index in [9.17, 15) is 19.2 Å². The number of anilines is 1. The lowest BCUT2D eigenvalue weighted by atomic mass is 9.97. The lowest BCUT2D eigenvalue weighted by Gasteiger charge is -2.30. The highest BCUT2D eigenvalue weighted by Crippen LogP contribution is 2.33. The third-order valence-corrected chi connectivity index (χ3v) is 7.20. The number of likely N-dealkylation sites (tertiary alicyclic amines) is 1. The molecule has 0 bridgehead atoms. The van der Waals surface area contributed by atoms with E-state index in [0.29, 0.717) is 41.4 Å². The number of hydrogen-bond donors (Lipinski definition) is 1. The van der Waals surface area contributed by atoms with E-state index in [0.717, 1.165) is 10.4 Å². The molecule has 0 spiro atoms. The maximum atomic E-state index is 12.4. The molecular weight excluding hydrogens is 440 g/mol. The van der Waals surface area contributed by atoms with E-state index >= 15 is 0 Å². The normalized spacial score (nSPS) is 14.2. The smallest absolute Gasteiger partial charge is 0.341 e. The minimum Gasteiger partial charge on any atom is -0.465 e. The first-order valence-corrected chi connectivity index (χ1v) is 11.5. The number of methoxy groups -OCH3 is 1. The van der Waals surface area contributed by atoms with Gasteiger partial charge in [-0.3, -0.25) is 14.4 Å². The summed E-state index contributed by atoms with van der Waals surface area (Å²) in [4.78, 5) is 52.3. The molecule has 0 aliphatic carbocycles. The Bertz CT molecular complexity index is 974. The van der Waals surface area contributed by atoms with Crippen molar-refractivity contribution in [3.8, 4) is 0 Å². The maximum Gasteiger partial charge on any atom is 0.341 e. The number of carbonyl (C=O) groups excluding carboxylic acids is 4. The topological polar surface area (TPSA) is 102 Å². The van der Waals surface area contributed by atoms with Crippen molar-refractivity contribution in [1.29, 1.82) is 0 Å². The van der Waals surface area contributed by atoms with Gasteiger partial charge in [-0.05, 0) is 43.7 Å². The second kappa shape index (κ2) is 10.1. The van der Waals surface area contributed by atoms with Crippen LogP contribution in [0.25, 0.3) is 0 Å². The van der Waals surface area contributed by atoms with Gasteiger partial charge in [-0.2, -0.15) is 0 Å². The van der Waals surface area contributed by atoms with Gasteiger partial charge in [0.2, 0.25) is 0 Å². The Labute approximate surface area is 188 Å². The van der Waals surface area contributed by atoms with E-state index in [2.05, 4.69) is 5.32 Å². The quantitative estimate of drug-likeness (QED) is 0.659. The number of carbonyl (C=O) groups is 4. The molecule has 0 radical (unpaired) electrons. The largest absolute Gasteiger partial charge is 0.465 e. The Morgan fingerprint density at radius 1 is 1.19 bits per heavy atom. The molecule has 1 aliphatic rings. The molecular formula is C21H24N2O6S2. The molecule has 1 fully saturated rings. The van der Waals surface area contributed by atoms with Crippen LogP contribution in [0.3, 0.4) is 0 Å². The lowest BCUT2D eigenvalue weighted by Crippen LogP contribution is -2.40. The minimum absolute atomic E-state index is 0.0239. The number of thiophene rings is 2. The molecule has 3 rings (SSSR count). The molecule has 10 heteroatoms. The van der Waals surface area contributed by atoms with E-state index in [4.69, 9.17) is 9.47 Å². The summed E-state index contributed by atoms with van der Waals surface area (Å²) < 4.78 is 9.97. The van der Waals surface area contributed by atoms with Crippen molar-refractivity contribution < 1.29 is 28.7 Å². The van der Waals surface area contributed by atoms with Gasteiger partial charge in [0.1, 0.15) is 5.00 Å². The Morgan fingerprint density at radius 3 is 2.52 bits per heavy atom. The van der Waals surface area contributed by atoms with Crippen LogP contribution < -0.4 is 5.32 Å². The molecule has 0 aromatic carbocycles. The number of ether oxygens (including phenoxy) is 2. The van der Waals surface area contributed by atoms with Gasteiger partial charge >= 0.3 is 11.9 Å². The van der Waals surface area contributed by atoms with E-state index in [1.165, 1.54) is 29.8 Å². The molecule has 0 saturated carbocycles. The third kappa shape index (κ3) is 5.31. The highest BCUT2D eigenvalue weighted by Gasteiger charge is 2.29. The fourth-order valence-electron chi connectivity index (χ4n) is 3.35. The van der Waals surface area contributed by atoms with E-state index in [1.807, 2.05) is 18.4 Å². The summed E-state index contributed by atoms with van der Waals surface area (Å²) in [7, 11) is 1.28. The molecule has 2 aromatic heterocycles. The predicted molar refractivity (Wildman–Crippen MR) is 118 cm³/mol. The van der Waals surface area contributed by atoms with Crippen molar-refractivity contribution in [1.82, 2.24) is 4.90 Å². The van der Waals surface area contributed by atoms with Gasteiger partial charge in [-0.15, -0.1) is 22.7 Å². The van der Waals surface area contributed by atoms with Crippen LogP contribution in [0, 0.1) is 19.8 Å². The number of hydrogen-bond acceptors (Lipinski definition) is 8. The first-order valence-electron chi connectivity index (χ1n) is 9.79. The van der Waals surface area contributed by atoms with Gasteiger partial charge < -0.3 is 19.7 Å². The van der Waals surface area contributed by atoms with Gasteiger partial charge in [0, 0.05) is 18.0 Å². The van der Waals surface area contributed by atoms with Gasteiger partial charge in [0.15, 0.2) is 6.61 Å². The van der Waals surface area contributed by atoms with E-state index < -0.39 is 24.5 Å². The fraction of sp³-hybridized carbons (Fsp3) is 0.429. The second-order valence-corrected chi connectivity index (χ2v) is 9.35. The Hall–Kier alpha value is -2.72. The van der Waals surface area contributed by atoms with Crippen molar-refractivity contribution in [2.45, 2.75) is 26.7 Å². The van der Waals surface area contributed by atoms with Crippen molar-refractivity contribution in [3.05, 3.63) is 38.4 Å². The number of rotatable bonds is 6. The third-order valence-electron chi connectivity index (χ3n) is 5.22. The lowest BCUT2D eigenvalue weighted by molar-refractivity contribution is -0.152. The molecule has 1 N–H and O–H groups in total. The average molecular weight is 465 g/mol. The molecule has 0 unspecified atom stereocenters. The maximum absolute atomic E-state index is 12.4. The van der Waals surface area contributed by atoms with Gasteiger partial charge in [-0.25, -0.2) is 4.79 Å². The van der Waals surface area contributed by atoms with Crippen LogP contribution in [-0.2, 0) is 19.1 Å². The van der Waals surface area contributed by atoms with Gasteiger partial charge in [0.25, 0.3) is 11.8 Å². The minimum atomic E-state index is -0.530. The molecule has 8 nitrogen and oxygen atoms in total. The van der Waals surface area contributed by atoms with Crippen LogP contribution in [0.2, 0.25) is 0 Å². The zero-order valence-corrected chi connectivity index (χ0v) is 19.2. The van der Waals surface area contributed by atoms with Crippen molar-refractivity contribution in [2.75, 3.05) is 32.1 Å². The summed E-state index contributed by atoms with van der Waals surface area (Å²) in [6.45, 7) is 4.13. The standard InChI is InChI=1S/C21H24N2O6S2/c1-12-13(2)31-18(17(12)21(27)28-3)22-16(24)11-29-20(26)14-6-8-23(9-7-14)19(25)15-5-4-10-30-15/h4-5,10,14H,6-9,11H2,1-3H3,(H,22,24). The van der Waals surface area contributed by atoms with Crippen molar-refractivity contribution in [3.63, 3.8) is 0 Å². The van der Waals surface area contributed by atoms with Gasteiger partial charge in [-0.1, -0.05) is 6.07 Å². The summed E-state index contributed by atoms with van der Waals surface area (Å²) in [6, 6.07) is 3.62. The van der Waals surface area contributed by atoms with Crippen molar-refractivity contribution in [2.24, 2.45) is 5.92 Å². The van der Waals surface area contributed by atoms with E-state index in [1.54, 1.807) is 17.9 Å². The summed E-state index contributed by atoms with van der Waals surface area (Å²) in [5.74, 6) is -1.88. The monoisotopic (exact) mass is 464 g/mol. The molecule has 0 atom stereocenters. The molecule has 1 saturated heterocycles. The van der Waals surface area contributed by atoms with Crippen LogP contribution in [0.1, 0.15) is 43.3 Å². The number of esters is 2. The van der Waals surface area contributed by atoms with E-state index in [-0.39, 0.29) is 11.8 Å². The van der Waals surface area contributed by atoms with Crippen LogP contribution in [0.4, 0.5) is 5.00 Å². The molecule has 31 heavy (non-hydrogen) atoms. The number of nitrogens with one attached hydrogen (secondary N) is 1. The Kier molecular flexibility index (Phi) is 7.45. The number of piperidine rings is 1. The second-order valence-electron chi connectivity index (χ2n) is 7.18. The highest BCUT2D eigenvalue weighted by atomic mass is 32.1. The first kappa shape index (κ1) is 23.0. The summed E-state index contributed by atoms with van der Waals surface area (Å²) in [5, 5.41) is 4.87. The Balaban J connectivity index is 1.48. The van der Waals surface area contributed by atoms with Crippen LogP contribution in [0.5, 0.6) is 0 Å². The highest BCUT2D eigenvalue weighted by molar-refractivity contribution is 7.16. The average Bonchev–Trinajstić information content (AvgIpc) is 3.40. The zero-order valence-electron chi connectivity index (χ0n) is 17.6. The molecule has 2 aromatic rings. The first-order chi connectivity index (χ1) is 14.8. The number of amides is 2. The Morgan fingerprint density at radius 2 is 1.90 bits per heavy atom. The fourth-order valence-corrected chi connectivity index (χ4v) is 5.11. The molecule has 3 heterocycles. The van der Waals surface area contributed by atoms with Crippen molar-refractivity contribution >= 4 is 51.4 Å². The van der Waals surface area contributed by atoms with Crippen LogP contribution >= 0.6 is 22.7 Å².